The molecule has 0 rings (SSSR count). The van der Waals surface area contributed by atoms with Gasteiger partial charge in [-0.2, -0.15) is 0 Å². The van der Waals surface area contributed by atoms with Gasteiger partial charge in [0.2, 0.25) is 0 Å². The number of ether oxygens (including phenoxy) is 1. The Morgan fingerprint density at radius 2 is 2.25 bits per heavy atom. The zero-order chi connectivity index (χ0) is 6.57. The van der Waals surface area contributed by atoms with Crippen molar-refractivity contribution in [3.8, 4) is 0 Å². The Labute approximate surface area is 49.5 Å². The van der Waals surface area contributed by atoms with E-state index < -0.39 is 0 Å². The van der Waals surface area contributed by atoms with Gasteiger partial charge in [-0.3, -0.25) is 4.99 Å². The molecule has 0 aliphatic carbocycles. The Morgan fingerprint density at radius 1 is 1.75 bits per heavy atom. The standard InChI is InChI=1S/C5H12N2O/c1-4(6)5(7-2)8-3/h4H,6H2,1-3H3/b7-5-. The second kappa shape index (κ2) is 3.43. The predicted molar refractivity (Wildman–Crippen MR) is 34.0 cm³/mol. The van der Waals surface area contributed by atoms with Gasteiger partial charge in [-0.1, -0.05) is 0 Å². The molecule has 0 heterocycles. The lowest BCUT2D eigenvalue weighted by molar-refractivity contribution is 0.383. The van der Waals surface area contributed by atoms with E-state index in [1.54, 1.807) is 14.2 Å². The van der Waals surface area contributed by atoms with Crippen molar-refractivity contribution in [2.24, 2.45) is 10.7 Å². The van der Waals surface area contributed by atoms with Gasteiger partial charge in [-0.25, -0.2) is 0 Å². The summed E-state index contributed by atoms with van der Waals surface area (Å²) in [5, 5.41) is 0. The highest BCUT2D eigenvalue weighted by atomic mass is 16.5. The van der Waals surface area contributed by atoms with Crippen LogP contribution in [-0.2, 0) is 4.74 Å². The first-order valence-corrected chi connectivity index (χ1v) is 2.48. The Morgan fingerprint density at radius 3 is 2.25 bits per heavy atom. The summed E-state index contributed by atoms with van der Waals surface area (Å²) in [5.41, 5.74) is 5.40. The van der Waals surface area contributed by atoms with Gasteiger partial charge in [-0.05, 0) is 6.92 Å². The van der Waals surface area contributed by atoms with E-state index >= 15 is 0 Å². The molecule has 2 N–H and O–H groups in total. The molecule has 3 nitrogen and oxygen atoms in total. The molecule has 0 amide bonds. The van der Waals surface area contributed by atoms with Crippen LogP contribution in [0.15, 0.2) is 4.99 Å². The van der Waals surface area contributed by atoms with Crippen molar-refractivity contribution in [2.75, 3.05) is 14.2 Å². The summed E-state index contributed by atoms with van der Waals surface area (Å²) >= 11 is 0. The molecule has 3 heteroatoms. The molecule has 0 aromatic rings. The van der Waals surface area contributed by atoms with Crippen LogP contribution in [-0.4, -0.2) is 26.1 Å². The lowest BCUT2D eigenvalue weighted by Crippen LogP contribution is -2.27. The summed E-state index contributed by atoms with van der Waals surface area (Å²) in [4.78, 5) is 3.78. The first kappa shape index (κ1) is 7.43. The van der Waals surface area contributed by atoms with E-state index in [2.05, 4.69) is 4.99 Å². The van der Waals surface area contributed by atoms with Gasteiger partial charge >= 0.3 is 0 Å². The normalized spacial score (nSPS) is 15.8. The van der Waals surface area contributed by atoms with Crippen molar-refractivity contribution in [3.05, 3.63) is 0 Å². The Bertz CT molecular complexity index is 88.4. The zero-order valence-electron chi connectivity index (χ0n) is 5.51. The molecule has 0 aromatic heterocycles. The largest absolute Gasteiger partial charge is 0.483 e. The third-order valence-electron chi connectivity index (χ3n) is 0.819. The minimum Gasteiger partial charge on any atom is -0.483 e. The van der Waals surface area contributed by atoms with Gasteiger partial charge in [0.1, 0.15) is 0 Å². The number of nitrogens with two attached hydrogens (primary N) is 1. The fraction of sp³-hybridized carbons (Fsp3) is 0.800. The van der Waals surface area contributed by atoms with Crippen LogP contribution in [0.2, 0.25) is 0 Å². The van der Waals surface area contributed by atoms with E-state index in [9.17, 15) is 0 Å². The molecule has 1 atom stereocenters. The van der Waals surface area contributed by atoms with Crippen molar-refractivity contribution in [1.29, 1.82) is 0 Å². The third-order valence-corrected chi connectivity index (χ3v) is 0.819. The van der Waals surface area contributed by atoms with E-state index in [4.69, 9.17) is 10.5 Å². The van der Waals surface area contributed by atoms with Gasteiger partial charge in [0, 0.05) is 7.05 Å². The molecule has 0 fully saturated rings. The summed E-state index contributed by atoms with van der Waals surface area (Å²) in [6.45, 7) is 1.83. The third kappa shape index (κ3) is 1.93. The van der Waals surface area contributed by atoms with Gasteiger partial charge in [0.05, 0.1) is 13.2 Å². The summed E-state index contributed by atoms with van der Waals surface area (Å²) < 4.78 is 4.79. The van der Waals surface area contributed by atoms with Gasteiger partial charge in [0.25, 0.3) is 0 Å². The molecular weight excluding hydrogens is 104 g/mol. The SMILES string of the molecule is C/N=C(\OC)C(C)N. The van der Waals surface area contributed by atoms with Crippen molar-refractivity contribution >= 4 is 5.90 Å². The molecule has 0 aliphatic rings. The molecule has 48 valence electrons. The number of hydrogen-bond donors (Lipinski definition) is 1. The molecule has 0 spiro atoms. The van der Waals surface area contributed by atoms with Crippen LogP contribution >= 0.6 is 0 Å². The summed E-state index contributed by atoms with van der Waals surface area (Å²) in [6, 6.07) is -0.0926. The molecule has 0 saturated heterocycles. The monoisotopic (exact) mass is 116 g/mol. The molecule has 8 heavy (non-hydrogen) atoms. The fourth-order valence-corrected chi connectivity index (χ4v) is 0.481. The van der Waals surface area contributed by atoms with E-state index in [0.717, 1.165) is 0 Å². The van der Waals surface area contributed by atoms with Crippen LogP contribution < -0.4 is 5.73 Å². The quantitative estimate of drug-likeness (QED) is 0.387. The first-order chi connectivity index (χ1) is 3.72. The smallest absolute Gasteiger partial charge is 0.199 e. The number of methoxy groups -OCH3 is 1. The van der Waals surface area contributed by atoms with Crippen molar-refractivity contribution in [3.63, 3.8) is 0 Å². The van der Waals surface area contributed by atoms with E-state index in [0.29, 0.717) is 5.90 Å². The second-order valence-corrected chi connectivity index (χ2v) is 1.55. The maximum Gasteiger partial charge on any atom is 0.199 e. The molecule has 0 radical (unpaired) electrons. The molecular formula is C5H12N2O. The highest BCUT2D eigenvalue weighted by Gasteiger charge is 2.00. The predicted octanol–water partition coefficient (Wildman–Crippen LogP) is 0.00830. The van der Waals surface area contributed by atoms with Crippen molar-refractivity contribution in [2.45, 2.75) is 13.0 Å². The lowest BCUT2D eigenvalue weighted by atomic mass is 10.4. The fourth-order valence-electron chi connectivity index (χ4n) is 0.481. The molecule has 0 aliphatic heterocycles. The number of aliphatic imine (C=N–C) groups is 1. The number of nitrogens with zero attached hydrogens (tertiary/aromatic N) is 1. The van der Waals surface area contributed by atoms with Crippen molar-refractivity contribution in [1.82, 2.24) is 0 Å². The maximum atomic E-state index is 5.40. The van der Waals surface area contributed by atoms with Crippen LogP contribution in [0, 0.1) is 0 Å². The zero-order valence-corrected chi connectivity index (χ0v) is 5.51. The van der Waals surface area contributed by atoms with Gasteiger partial charge in [-0.15, -0.1) is 0 Å². The van der Waals surface area contributed by atoms with Crippen molar-refractivity contribution < 1.29 is 4.74 Å². The van der Waals surface area contributed by atoms with Crippen LogP contribution in [0.25, 0.3) is 0 Å². The van der Waals surface area contributed by atoms with Crippen LogP contribution in [0.1, 0.15) is 6.92 Å². The van der Waals surface area contributed by atoms with Gasteiger partial charge in [0.15, 0.2) is 5.90 Å². The molecule has 1 unspecified atom stereocenters. The van der Waals surface area contributed by atoms with E-state index in [-0.39, 0.29) is 6.04 Å². The van der Waals surface area contributed by atoms with Crippen LogP contribution in [0.5, 0.6) is 0 Å². The van der Waals surface area contributed by atoms with Crippen LogP contribution in [0.4, 0.5) is 0 Å². The summed E-state index contributed by atoms with van der Waals surface area (Å²) in [6.07, 6.45) is 0. The van der Waals surface area contributed by atoms with E-state index in [1.807, 2.05) is 6.92 Å². The minimum atomic E-state index is -0.0926. The van der Waals surface area contributed by atoms with Crippen LogP contribution in [0.3, 0.4) is 0 Å². The Hall–Kier alpha value is -0.570. The average Bonchev–Trinajstić information content (AvgIpc) is 1.69. The summed E-state index contributed by atoms with van der Waals surface area (Å²) in [5.74, 6) is 0.588. The Kier molecular flexibility index (Phi) is 3.19. The number of rotatable bonds is 1. The Balaban J connectivity index is 3.72. The van der Waals surface area contributed by atoms with E-state index in [1.165, 1.54) is 0 Å². The number of hydrogen-bond acceptors (Lipinski definition) is 3. The second-order valence-electron chi connectivity index (χ2n) is 1.55. The van der Waals surface area contributed by atoms with Gasteiger partial charge < -0.3 is 10.5 Å². The average molecular weight is 116 g/mol. The summed E-state index contributed by atoms with van der Waals surface area (Å²) in [7, 11) is 3.22. The first-order valence-electron chi connectivity index (χ1n) is 2.48. The minimum absolute atomic E-state index is 0.0926. The highest BCUT2D eigenvalue weighted by molar-refractivity contribution is 5.80. The molecule has 0 aromatic carbocycles. The molecule has 0 saturated carbocycles. The topological polar surface area (TPSA) is 47.6 Å². The lowest BCUT2D eigenvalue weighted by Gasteiger charge is -2.05. The maximum absolute atomic E-state index is 5.40. The highest BCUT2D eigenvalue weighted by Crippen LogP contribution is 1.82. The molecule has 0 bridgehead atoms.